The summed E-state index contributed by atoms with van der Waals surface area (Å²) in [5.74, 6) is 0. The molecule has 0 saturated heterocycles. The van der Waals surface area contributed by atoms with Gasteiger partial charge in [0.1, 0.15) is 0 Å². The number of nitro benzene ring substituents is 1. The maximum atomic E-state index is 11.0. The SMILES string of the molecule is Cc1ccc(CN[C@@H](C)c2cccc(Br)c2)cc1[N+](=O)[O-]. The number of hydrogen-bond acceptors (Lipinski definition) is 3. The maximum Gasteiger partial charge on any atom is 0.272 e. The van der Waals surface area contributed by atoms with Crippen LogP contribution in [0.15, 0.2) is 46.9 Å². The minimum Gasteiger partial charge on any atom is -0.306 e. The highest BCUT2D eigenvalue weighted by Gasteiger charge is 2.11. The third kappa shape index (κ3) is 4.12. The Bertz CT molecular complexity index is 658. The van der Waals surface area contributed by atoms with Gasteiger partial charge in [0.05, 0.1) is 4.92 Å². The first-order valence-corrected chi connectivity index (χ1v) is 7.49. The molecule has 0 radical (unpaired) electrons. The highest BCUT2D eigenvalue weighted by molar-refractivity contribution is 9.10. The molecule has 4 nitrogen and oxygen atoms in total. The standard InChI is InChI=1S/C16H17BrN2O2/c1-11-6-7-13(8-16(11)19(20)21)10-18-12(2)14-4-3-5-15(17)9-14/h3-9,12,18H,10H2,1-2H3/t12-/m0/s1. The van der Waals surface area contributed by atoms with Crippen LogP contribution < -0.4 is 5.32 Å². The van der Waals surface area contributed by atoms with Gasteiger partial charge in [-0.25, -0.2) is 0 Å². The van der Waals surface area contributed by atoms with Crippen LogP contribution in [0.1, 0.15) is 29.7 Å². The Kier molecular flexibility index (Phi) is 5.09. The highest BCUT2D eigenvalue weighted by atomic mass is 79.9. The van der Waals surface area contributed by atoms with E-state index < -0.39 is 0 Å². The van der Waals surface area contributed by atoms with E-state index in [9.17, 15) is 10.1 Å². The first-order valence-electron chi connectivity index (χ1n) is 6.70. The molecule has 1 N–H and O–H groups in total. The Morgan fingerprint density at radius 1 is 1.29 bits per heavy atom. The summed E-state index contributed by atoms with van der Waals surface area (Å²) in [6, 6.07) is 13.6. The third-order valence-corrected chi connectivity index (χ3v) is 3.92. The van der Waals surface area contributed by atoms with E-state index in [1.54, 1.807) is 19.1 Å². The molecule has 0 aliphatic heterocycles. The molecule has 0 heterocycles. The number of hydrogen-bond donors (Lipinski definition) is 1. The molecule has 110 valence electrons. The van der Waals surface area contributed by atoms with Crippen molar-refractivity contribution in [1.29, 1.82) is 0 Å². The summed E-state index contributed by atoms with van der Waals surface area (Å²) in [5.41, 5.74) is 2.94. The smallest absolute Gasteiger partial charge is 0.272 e. The average molecular weight is 349 g/mol. The van der Waals surface area contributed by atoms with Gasteiger partial charge in [-0.1, -0.05) is 40.2 Å². The minimum absolute atomic E-state index is 0.169. The second-order valence-corrected chi connectivity index (χ2v) is 5.95. The molecule has 2 aromatic carbocycles. The molecule has 2 rings (SSSR count). The second-order valence-electron chi connectivity index (χ2n) is 5.04. The summed E-state index contributed by atoms with van der Waals surface area (Å²) in [5, 5.41) is 14.3. The van der Waals surface area contributed by atoms with Crippen LogP contribution in [0, 0.1) is 17.0 Å². The molecule has 0 fully saturated rings. The van der Waals surface area contributed by atoms with Crippen molar-refractivity contribution in [1.82, 2.24) is 5.32 Å². The van der Waals surface area contributed by atoms with Gasteiger partial charge in [-0.15, -0.1) is 0 Å². The van der Waals surface area contributed by atoms with Gasteiger partial charge < -0.3 is 5.32 Å². The van der Waals surface area contributed by atoms with E-state index in [-0.39, 0.29) is 16.7 Å². The van der Waals surface area contributed by atoms with Gasteiger partial charge in [-0.3, -0.25) is 10.1 Å². The molecule has 2 aromatic rings. The van der Waals surface area contributed by atoms with Crippen molar-refractivity contribution in [3.05, 3.63) is 73.7 Å². The predicted molar refractivity (Wildman–Crippen MR) is 87.2 cm³/mol. The van der Waals surface area contributed by atoms with Crippen LogP contribution in [0.25, 0.3) is 0 Å². The fourth-order valence-corrected chi connectivity index (χ4v) is 2.54. The van der Waals surface area contributed by atoms with E-state index in [2.05, 4.69) is 40.3 Å². The number of rotatable bonds is 5. The first-order chi connectivity index (χ1) is 9.97. The first kappa shape index (κ1) is 15.7. The number of halogens is 1. The fourth-order valence-electron chi connectivity index (χ4n) is 2.13. The molecule has 0 spiro atoms. The van der Waals surface area contributed by atoms with E-state index >= 15 is 0 Å². The zero-order valence-electron chi connectivity index (χ0n) is 12.0. The van der Waals surface area contributed by atoms with E-state index in [4.69, 9.17) is 0 Å². The minimum atomic E-state index is -0.337. The number of nitro groups is 1. The summed E-state index contributed by atoms with van der Waals surface area (Å²) in [4.78, 5) is 10.6. The van der Waals surface area contributed by atoms with Gasteiger partial charge in [-0.2, -0.15) is 0 Å². The highest BCUT2D eigenvalue weighted by Crippen LogP contribution is 2.21. The molecule has 21 heavy (non-hydrogen) atoms. The number of nitrogens with one attached hydrogen (secondary N) is 1. The number of nitrogens with zero attached hydrogens (tertiary/aromatic N) is 1. The molecule has 5 heteroatoms. The van der Waals surface area contributed by atoms with Crippen LogP contribution in [-0.4, -0.2) is 4.92 Å². The molecule has 0 saturated carbocycles. The fraction of sp³-hybridized carbons (Fsp3) is 0.250. The van der Waals surface area contributed by atoms with Crippen molar-refractivity contribution in [3.63, 3.8) is 0 Å². The lowest BCUT2D eigenvalue weighted by molar-refractivity contribution is -0.385. The second kappa shape index (κ2) is 6.83. The number of benzene rings is 2. The van der Waals surface area contributed by atoms with E-state index in [0.29, 0.717) is 12.1 Å². The lowest BCUT2D eigenvalue weighted by atomic mass is 10.1. The summed E-state index contributed by atoms with van der Waals surface area (Å²) in [6.45, 7) is 4.42. The number of aryl methyl sites for hydroxylation is 1. The topological polar surface area (TPSA) is 55.2 Å². The molecule has 0 aromatic heterocycles. The normalized spacial score (nSPS) is 12.1. The Balaban J connectivity index is 2.06. The van der Waals surface area contributed by atoms with Gasteiger partial charge in [-0.05, 0) is 37.1 Å². The molecule has 1 atom stereocenters. The zero-order valence-corrected chi connectivity index (χ0v) is 13.6. The largest absolute Gasteiger partial charge is 0.306 e. The van der Waals surface area contributed by atoms with E-state index in [0.717, 1.165) is 10.0 Å². The molecular weight excluding hydrogens is 332 g/mol. The Hall–Kier alpha value is -1.72. The van der Waals surface area contributed by atoms with Crippen LogP contribution in [-0.2, 0) is 6.54 Å². The van der Waals surface area contributed by atoms with Crippen molar-refractivity contribution in [2.24, 2.45) is 0 Å². The lowest BCUT2D eigenvalue weighted by Crippen LogP contribution is -2.18. The third-order valence-electron chi connectivity index (χ3n) is 3.43. The summed E-state index contributed by atoms with van der Waals surface area (Å²) in [6.07, 6.45) is 0. The summed E-state index contributed by atoms with van der Waals surface area (Å²) < 4.78 is 1.04. The van der Waals surface area contributed by atoms with Crippen LogP contribution in [0.3, 0.4) is 0 Å². The van der Waals surface area contributed by atoms with Gasteiger partial charge in [0.2, 0.25) is 0 Å². The molecular formula is C16H17BrN2O2. The Morgan fingerprint density at radius 2 is 2.05 bits per heavy atom. The summed E-state index contributed by atoms with van der Waals surface area (Å²) >= 11 is 3.46. The van der Waals surface area contributed by atoms with Gasteiger partial charge in [0.15, 0.2) is 0 Å². The van der Waals surface area contributed by atoms with Crippen LogP contribution >= 0.6 is 15.9 Å². The van der Waals surface area contributed by atoms with Crippen molar-refractivity contribution in [3.8, 4) is 0 Å². The van der Waals surface area contributed by atoms with Crippen LogP contribution in [0.2, 0.25) is 0 Å². The van der Waals surface area contributed by atoms with Crippen molar-refractivity contribution in [2.45, 2.75) is 26.4 Å². The monoisotopic (exact) mass is 348 g/mol. The van der Waals surface area contributed by atoms with E-state index in [1.165, 1.54) is 5.56 Å². The molecule has 0 amide bonds. The molecule has 0 aliphatic rings. The Morgan fingerprint density at radius 3 is 2.71 bits per heavy atom. The van der Waals surface area contributed by atoms with Gasteiger partial charge >= 0.3 is 0 Å². The van der Waals surface area contributed by atoms with Crippen LogP contribution in [0.5, 0.6) is 0 Å². The van der Waals surface area contributed by atoms with Crippen molar-refractivity contribution < 1.29 is 4.92 Å². The molecule has 0 aliphatic carbocycles. The van der Waals surface area contributed by atoms with Crippen LogP contribution in [0.4, 0.5) is 5.69 Å². The molecule has 0 bridgehead atoms. The van der Waals surface area contributed by atoms with E-state index in [1.807, 2.05) is 18.2 Å². The quantitative estimate of drug-likeness (QED) is 0.638. The average Bonchev–Trinajstić information content (AvgIpc) is 2.45. The zero-order chi connectivity index (χ0) is 15.4. The summed E-state index contributed by atoms with van der Waals surface area (Å²) in [7, 11) is 0. The van der Waals surface area contributed by atoms with Gasteiger partial charge in [0.25, 0.3) is 5.69 Å². The predicted octanol–water partition coefficient (Wildman–Crippen LogP) is 4.52. The van der Waals surface area contributed by atoms with Gasteiger partial charge in [0, 0.05) is 28.7 Å². The van der Waals surface area contributed by atoms with Crippen molar-refractivity contribution in [2.75, 3.05) is 0 Å². The lowest BCUT2D eigenvalue weighted by Gasteiger charge is -2.14. The maximum absolute atomic E-state index is 11.0. The van der Waals surface area contributed by atoms with Crippen molar-refractivity contribution >= 4 is 21.6 Å². The molecule has 0 unspecified atom stereocenters. The Labute approximate surface area is 132 Å².